The summed E-state index contributed by atoms with van der Waals surface area (Å²) in [4.78, 5) is 20.0. The van der Waals surface area contributed by atoms with Crippen LogP contribution in [0.5, 0.6) is 0 Å². The summed E-state index contributed by atoms with van der Waals surface area (Å²) < 4.78 is 0. The van der Waals surface area contributed by atoms with Crippen LogP contribution in [0.25, 0.3) is 0 Å². The Morgan fingerprint density at radius 2 is 1.29 bits per heavy atom. The fourth-order valence-electron chi connectivity index (χ4n) is 7.90. The SMILES string of the molecule is O=C(CC12CC3CC(CC(C3)C1)C2)N1CCN(c2ccc(N3CCCCC3)nn2)CC1. The lowest BCUT2D eigenvalue weighted by Crippen LogP contribution is -2.52. The molecule has 7 rings (SSSR count). The number of aromatic nitrogens is 2. The third-order valence-corrected chi connectivity index (χ3v) is 8.96. The third kappa shape index (κ3) is 3.91. The van der Waals surface area contributed by atoms with Gasteiger partial charge in [0.2, 0.25) is 5.91 Å². The zero-order valence-corrected chi connectivity index (χ0v) is 18.8. The highest BCUT2D eigenvalue weighted by Gasteiger charge is 2.51. The van der Waals surface area contributed by atoms with Crippen LogP contribution in [0.2, 0.25) is 0 Å². The monoisotopic (exact) mass is 423 g/mol. The van der Waals surface area contributed by atoms with Gasteiger partial charge in [0.25, 0.3) is 0 Å². The Morgan fingerprint density at radius 3 is 1.81 bits per heavy atom. The van der Waals surface area contributed by atoms with Crippen molar-refractivity contribution in [2.24, 2.45) is 23.2 Å². The highest BCUT2D eigenvalue weighted by atomic mass is 16.2. The Bertz CT molecular complexity index is 759. The van der Waals surface area contributed by atoms with Crippen molar-refractivity contribution >= 4 is 17.5 Å². The minimum Gasteiger partial charge on any atom is -0.355 e. The van der Waals surface area contributed by atoms with Crippen molar-refractivity contribution in [3.05, 3.63) is 12.1 Å². The van der Waals surface area contributed by atoms with E-state index in [0.717, 1.165) is 75.1 Å². The topological polar surface area (TPSA) is 52.6 Å². The molecule has 4 saturated carbocycles. The van der Waals surface area contributed by atoms with Gasteiger partial charge in [0.05, 0.1) is 0 Å². The Kier molecular flexibility index (Phi) is 5.07. The van der Waals surface area contributed by atoms with Crippen LogP contribution in [0.3, 0.4) is 0 Å². The van der Waals surface area contributed by atoms with Crippen LogP contribution in [0.4, 0.5) is 11.6 Å². The summed E-state index contributed by atoms with van der Waals surface area (Å²) in [5.41, 5.74) is 0.346. The summed E-state index contributed by atoms with van der Waals surface area (Å²) in [7, 11) is 0. The van der Waals surface area contributed by atoms with Crippen LogP contribution in [-0.4, -0.2) is 60.3 Å². The molecule has 6 heteroatoms. The summed E-state index contributed by atoms with van der Waals surface area (Å²) >= 11 is 0. The molecule has 0 unspecified atom stereocenters. The zero-order chi connectivity index (χ0) is 20.8. The lowest BCUT2D eigenvalue weighted by molar-refractivity contribution is -0.139. The minimum atomic E-state index is 0.346. The molecule has 31 heavy (non-hydrogen) atoms. The maximum Gasteiger partial charge on any atom is 0.223 e. The standard InChI is InChI=1S/C25H37N5O/c31-24(18-25-15-19-12-20(16-25)14-21(13-19)17-25)30-10-8-29(9-11-30)23-5-4-22(26-27-23)28-6-2-1-3-7-28/h4-5,19-21H,1-3,6-18H2. The molecule has 4 bridgehead atoms. The van der Waals surface area contributed by atoms with Crippen molar-refractivity contribution in [1.82, 2.24) is 15.1 Å². The first-order chi connectivity index (χ1) is 15.2. The number of amides is 1. The largest absolute Gasteiger partial charge is 0.355 e. The van der Waals surface area contributed by atoms with Crippen molar-refractivity contribution in [3.63, 3.8) is 0 Å². The molecule has 0 radical (unpaired) electrons. The maximum atomic E-state index is 13.2. The molecule has 0 N–H and O–H groups in total. The van der Waals surface area contributed by atoms with E-state index in [4.69, 9.17) is 0 Å². The van der Waals surface area contributed by atoms with Crippen LogP contribution < -0.4 is 9.80 Å². The number of nitrogens with zero attached hydrogens (tertiary/aromatic N) is 5. The average molecular weight is 424 g/mol. The van der Waals surface area contributed by atoms with Gasteiger partial charge >= 0.3 is 0 Å². The molecule has 4 aliphatic carbocycles. The molecular formula is C25H37N5O. The predicted octanol–water partition coefficient (Wildman–Crippen LogP) is 3.72. The average Bonchev–Trinajstić information content (AvgIpc) is 2.79. The number of piperidine rings is 1. The van der Waals surface area contributed by atoms with Crippen molar-refractivity contribution in [2.75, 3.05) is 49.1 Å². The molecule has 1 aromatic rings. The lowest BCUT2D eigenvalue weighted by Gasteiger charge is -2.57. The van der Waals surface area contributed by atoms with Crippen molar-refractivity contribution in [2.45, 2.75) is 64.2 Å². The van der Waals surface area contributed by atoms with Gasteiger partial charge in [0.1, 0.15) is 0 Å². The van der Waals surface area contributed by atoms with E-state index in [2.05, 4.69) is 37.0 Å². The molecule has 168 valence electrons. The normalized spacial score (nSPS) is 35.0. The molecule has 6 fully saturated rings. The second-order valence-corrected chi connectivity index (χ2v) is 11.3. The lowest BCUT2D eigenvalue weighted by atomic mass is 9.49. The number of hydrogen-bond acceptors (Lipinski definition) is 5. The second kappa shape index (κ2) is 7.93. The molecule has 0 spiro atoms. The fourth-order valence-corrected chi connectivity index (χ4v) is 7.90. The van der Waals surface area contributed by atoms with Gasteiger partial charge in [-0.05, 0) is 93.1 Å². The number of piperazine rings is 1. The minimum absolute atomic E-state index is 0.346. The van der Waals surface area contributed by atoms with Crippen molar-refractivity contribution in [1.29, 1.82) is 0 Å². The van der Waals surface area contributed by atoms with E-state index in [0.29, 0.717) is 11.3 Å². The van der Waals surface area contributed by atoms with Crippen LogP contribution in [0.1, 0.15) is 64.2 Å². The first-order valence-corrected chi connectivity index (χ1v) is 12.8. The molecule has 1 aromatic heterocycles. The van der Waals surface area contributed by atoms with Gasteiger partial charge in [-0.1, -0.05) is 0 Å². The molecule has 2 saturated heterocycles. The Labute approximate surface area is 186 Å². The van der Waals surface area contributed by atoms with Crippen LogP contribution in [0, 0.1) is 23.2 Å². The van der Waals surface area contributed by atoms with Gasteiger partial charge in [0, 0.05) is 45.7 Å². The number of carbonyl (C=O) groups excluding carboxylic acids is 1. The van der Waals surface area contributed by atoms with E-state index in [1.807, 2.05) is 0 Å². The fraction of sp³-hybridized carbons (Fsp3) is 0.800. The molecule has 0 aromatic carbocycles. The van der Waals surface area contributed by atoms with E-state index in [1.54, 1.807) is 0 Å². The zero-order valence-electron chi connectivity index (χ0n) is 18.8. The van der Waals surface area contributed by atoms with Crippen LogP contribution in [-0.2, 0) is 4.79 Å². The number of carbonyl (C=O) groups is 1. The Morgan fingerprint density at radius 1 is 0.774 bits per heavy atom. The first-order valence-electron chi connectivity index (χ1n) is 12.8. The first kappa shape index (κ1) is 19.8. The van der Waals surface area contributed by atoms with Gasteiger partial charge in [-0.25, -0.2) is 0 Å². The molecule has 2 aliphatic heterocycles. The molecule has 6 nitrogen and oxygen atoms in total. The van der Waals surface area contributed by atoms with Gasteiger partial charge in [-0.3, -0.25) is 4.79 Å². The molecule has 0 atom stereocenters. The molecule has 1 amide bonds. The number of hydrogen-bond donors (Lipinski definition) is 0. The quantitative estimate of drug-likeness (QED) is 0.739. The van der Waals surface area contributed by atoms with E-state index < -0.39 is 0 Å². The second-order valence-electron chi connectivity index (χ2n) is 11.3. The maximum absolute atomic E-state index is 13.2. The van der Waals surface area contributed by atoms with Gasteiger partial charge in [-0.2, -0.15) is 0 Å². The van der Waals surface area contributed by atoms with Crippen molar-refractivity contribution < 1.29 is 4.79 Å². The highest BCUT2D eigenvalue weighted by Crippen LogP contribution is 2.61. The summed E-state index contributed by atoms with van der Waals surface area (Å²) in [6.45, 7) is 5.56. The third-order valence-electron chi connectivity index (χ3n) is 8.96. The Balaban J connectivity index is 1.03. The predicted molar refractivity (Wildman–Crippen MR) is 122 cm³/mol. The highest BCUT2D eigenvalue weighted by molar-refractivity contribution is 5.77. The molecule has 3 heterocycles. The number of anilines is 2. The summed E-state index contributed by atoms with van der Waals surface area (Å²) in [6, 6.07) is 4.24. The smallest absolute Gasteiger partial charge is 0.223 e. The van der Waals surface area contributed by atoms with E-state index >= 15 is 0 Å². The van der Waals surface area contributed by atoms with E-state index in [1.165, 1.54) is 57.8 Å². The van der Waals surface area contributed by atoms with Gasteiger partial charge in [-0.15, -0.1) is 10.2 Å². The van der Waals surface area contributed by atoms with Crippen LogP contribution in [0.15, 0.2) is 12.1 Å². The summed E-state index contributed by atoms with van der Waals surface area (Å²) in [6.07, 6.45) is 13.0. The summed E-state index contributed by atoms with van der Waals surface area (Å²) in [5.74, 6) is 5.13. The molecular weight excluding hydrogens is 386 g/mol. The van der Waals surface area contributed by atoms with Crippen molar-refractivity contribution in [3.8, 4) is 0 Å². The van der Waals surface area contributed by atoms with Gasteiger partial charge < -0.3 is 14.7 Å². The molecule has 6 aliphatic rings. The summed E-state index contributed by atoms with van der Waals surface area (Å²) in [5, 5.41) is 9.03. The van der Waals surface area contributed by atoms with E-state index in [-0.39, 0.29) is 0 Å². The Hall–Kier alpha value is -1.85. The number of rotatable bonds is 4. The van der Waals surface area contributed by atoms with Gasteiger partial charge in [0.15, 0.2) is 11.6 Å². The van der Waals surface area contributed by atoms with E-state index in [9.17, 15) is 4.79 Å². The van der Waals surface area contributed by atoms with Crippen LogP contribution >= 0.6 is 0 Å².